The molecule has 1 aromatic carbocycles. The van der Waals surface area contributed by atoms with E-state index in [4.69, 9.17) is 4.74 Å². The quantitative estimate of drug-likeness (QED) is 0.181. The lowest BCUT2D eigenvalue weighted by Crippen LogP contribution is -2.53. The van der Waals surface area contributed by atoms with E-state index in [1.165, 1.54) is 29.4 Å². The van der Waals surface area contributed by atoms with Crippen molar-refractivity contribution in [1.29, 1.82) is 0 Å². The lowest BCUT2D eigenvalue weighted by molar-refractivity contribution is 0.0761. The van der Waals surface area contributed by atoms with Crippen LogP contribution in [-0.4, -0.2) is 53.8 Å². The second kappa shape index (κ2) is 14.6. The van der Waals surface area contributed by atoms with E-state index in [1.807, 2.05) is 20.8 Å². The van der Waals surface area contributed by atoms with E-state index in [-0.39, 0.29) is 12.4 Å². The normalized spacial score (nSPS) is 12.9. The van der Waals surface area contributed by atoms with Gasteiger partial charge < -0.3 is 25.7 Å². The largest absolute Gasteiger partial charge is 0.489 e. The van der Waals surface area contributed by atoms with Crippen LogP contribution in [0, 0.1) is 11.7 Å². The van der Waals surface area contributed by atoms with Crippen molar-refractivity contribution in [2.45, 2.75) is 45.9 Å². The Bertz CT molecular complexity index is 677. The summed E-state index contributed by atoms with van der Waals surface area (Å²) in [5, 5.41) is 26.6. The molecule has 2 atom stereocenters. The van der Waals surface area contributed by atoms with E-state index in [2.05, 4.69) is 28.2 Å². The lowest BCUT2D eigenvalue weighted by Gasteiger charge is -2.26. The third kappa shape index (κ3) is 10.5. The number of ether oxygens (including phenoxy) is 1. The number of nitrogens with zero attached hydrogens (tertiary/aromatic N) is 1. The van der Waals surface area contributed by atoms with E-state index in [0.717, 1.165) is 12.8 Å². The highest BCUT2D eigenvalue weighted by atomic mass is 19.1. The van der Waals surface area contributed by atoms with Crippen LogP contribution < -0.4 is 26.3 Å². The topological polar surface area (TPSA) is 118 Å². The number of carbonyl (C=O) groups excluding carboxylic acids is 1. The molecule has 0 bridgehead atoms. The molecule has 31 heavy (non-hydrogen) atoms. The molecule has 0 aromatic heterocycles. The smallest absolute Gasteiger partial charge is 0.333 e. The van der Waals surface area contributed by atoms with Gasteiger partial charge in [0.2, 0.25) is 0 Å². The number of carbonyl (C=O) groups is 1. The molecule has 1 aromatic rings. The Morgan fingerprint density at radius 2 is 2.10 bits per heavy atom. The molecule has 0 aliphatic carbocycles. The number of nitrogens with one attached hydrogen (secondary N) is 4. The van der Waals surface area contributed by atoms with Gasteiger partial charge in [0.1, 0.15) is 24.4 Å². The van der Waals surface area contributed by atoms with Gasteiger partial charge in [0, 0.05) is 18.8 Å². The van der Waals surface area contributed by atoms with Gasteiger partial charge in [-0.1, -0.05) is 33.8 Å². The molecule has 0 radical (unpaired) electrons. The molecule has 6 N–H and O–H groups in total. The van der Waals surface area contributed by atoms with Crippen LogP contribution in [0.15, 0.2) is 31.0 Å². The summed E-state index contributed by atoms with van der Waals surface area (Å²) in [4.78, 5) is 12.6. The summed E-state index contributed by atoms with van der Waals surface area (Å²) in [6.45, 7) is 10.0. The number of halogens is 1. The molecule has 0 aliphatic heterocycles. The molecule has 2 amide bonds. The van der Waals surface area contributed by atoms with E-state index >= 15 is 0 Å². The highest BCUT2D eigenvalue weighted by Gasteiger charge is 2.20. The number of amides is 2. The van der Waals surface area contributed by atoms with Crippen molar-refractivity contribution in [3.05, 3.63) is 42.4 Å². The molecular weight excluding hydrogens is 405 g/mol. The summed E-state index contributed by atoms with van der Waals surface area (Å²) in [5.41, 5.74) is 5.67. The predicted molar refractivity (Wildman–Crippen MR) is 117 cm³/mol. The number of hydrogen-bond acceptors (Lipinski definition) is 7. The molecule has 1 rings (SSSR count). The van der Waals surface area contributed by atoms with Crippen molar-refractivity contribution in [2.75, 3.05) is 26.3 Å². The number of rotatable bonds is 15. The molecule has 176 valence electrons. The van der Waals surface area contributed by atoms with Gasteiger partial charge in [0.25, 0.3) is 0 Å². The number of aliphatic hydroxyl groups excluding tert-OH is 2. The molecule has 9 nitrogen and oxygen atoms in total. The summed E-state index contributed by atoms with van der Waals surface area (Å²) in [5.74, 6) is -0.0427. The standard InChI is InChI=1S/C21H36FN5O4/c1-5-7-8-27(26-24-6-2)21(30)25-19(13-28)16-9-17(22)11-18(10-16)31-14-20(29)23-12-15(3)4/h6,9-11,15,19-20,23-24,26,28-29H,2,5,7-8,12-14H2,1,3-4H3,(H,25,30)/t19-,20?/m1/s1. The minimum absolute atomic E-state index is 0.0757. The minimum Gasteiger partial charge on any atom is -0.489 e. The number of aliphatic hydroxyl groups is 2. The molecule has 10 heteroatoms. The molecule has 0 saturated heterocycles. The average Bonchev–Trinajstić information content (AvgIpc) is 2.74. The van der Waals surface area contributed by atoms with Crippen molar-refractivity contribution in [1.82, 2.24) is 26.6 Å². The minimum atomic E-state index is -0.905. The van der Waals surface area contributed by atoms with Crippen LogP contribution in [0.1, 0.15) is 45.2 Å². The van der Waals surface area contributed by atoms with Crippen molar-refractivity contribution < 1.29 is 24.1 Å². The fraction of sp³-hybridized carbons (Fsp3) is 0.571. The maximum atomic E-state index is 14.1. The predicted octanol–water partition coefficient (Wildman–Crippen LogP) is 1.77. The third-order valence-electron chi connectivity index (χ3n) is 4.23. The summed E-state index contributed by atoms with van der Waals surface area (Å²) in [6.07, 6.45) is 2.12. The monoisotopic (exact) mass is 441 g/mol. The zero-order chi connectivity index (χ0) is 23.2. The summed E-state index contributed by atoms with van der Waals surface area (Å²) in [6, 6.07) is 2.56. The van der Waals surface area contributed by atoms with E-state index in [0.29, 0.717) is 24.6 Å². The molecule has 0 aliphatic rings. The second-order valence-electron chi connectivity index (χ2n) is 7.50. The fourth-order valence-electron chi connectivity index (χ4n) is 2.58. The number of urea groups is 1. The van der Waals surface area contributed by atoms with E-state index < -0.39 is 30.7 Å². The Morgan fingerprint density at radius 1 is 1.35 bits per heavy atom. The van der Waals surface area contributed by atoms with Gasteiger partial charge >= 0.3 is 6.03 Å². The van der Waals surface area contributed by atoms with E-state index in [9.17, 15) is 19.4 Å². The molecule has 0 fully saturated rings. The zero-order valence-electron chi connectivity index (χ0n) is 18.5. The first kappa shape index (κ1) is 26.6. The summed E-state index contributed by atoms with van der Waals surface area (Å²) < 4.78 is 19.6. The van der Waals surface area contributed by atoms with Crippen LogP contribution in [0.2, 0.25) is 0 Å². The number of benzene rings is 1. The Morgan fingerprint density at radius 3 is 2.71 bits per heavy atom. The molecule has 0 spiro atoms. The Balaban J connectivity index is 2.82. The highest BCUT2D eigenvalue weighted by Crippen LogP contribution is 2.22. The Labute approximate surface area is 183 Å². The summed E-state index contributed by atoms with van der Waals surface area (Å²) >= 11 is 0. The van der Waals surface area contributed by atoms with Gasteiger partial charge in [-0.3, -0.25) is 5.32 Å². The fourth-order valence-corrected chi connectivity index (χ4v) is 2.58. The average molecular weight is 442 g/mol. The second-order valence-corrected chi connectivity index (χ2v) is 7.50. The van der Waals surface area contributed by atoms with Crippen molar-refractivity contribution in [3.63, 3.8) is 0 Å². The Kier molecular flexibility index (Phi) is 12.5. The van der Waals surface area contributed by atoms with Gasteiger partial charge in [-0.2, -0.15) is 0 Å². The van der Waals surface area contributed by atoms with Crippen molar-refractivity contribution in [3.8, 4) is 5.75 Å². The van der Waals surface area contributed by atoms with Gasteiger partial charge in [-0.25, -0.2) is 14.2 Å². The van der Waals surface area contributed by atoms with Crippen LogP contribution >= 0.6 is 0 Å². The van der Waals surface area contributed by atoms with E-state index in [1.54, 1.807) is 0 Å². The van der Waals surface area contributed by atoms with Crippen LogP contribution in [-0.2, 0) is 0 Å². The van der Waals surface area contributed by atoms with Crippen LogP contribution in [0.3, 0.4) is 0 Å². The van der Waals surface area contributed by atoms with Crippen LogP contribution in [0.5, 0.6) is 5.75 Å². The first-order valence-corrected chi connectivity index (χ1v) is 10.5. The first-order chi connectivity index (χ1) is 14.8. The molecule has 0 saturated carbocycles. The number of hydrazine groups is 2. The number of unbranched alkanes of at least 4 members (excludes halogenated alkanes) is 1. The Hall–Kier alpha value is -2.40. The highest BCUT2D eigenvalue weighted by molar-refractivity contribution is 5.74. The van der Waals surface area contributed by atoms with Crippen molar-refractivity contribution in [2.24, 2.45) is 5.92 Å². The number of hydrogen-bond donors (Lipinski definition) is 6. The van der Waals surface area contributed by atoms with Gasteiger partial charge in [0.15, 0.2) is 0 Å². The van der Waals surface area contributed by atoms with Gasteiger partial charge in [0.05, 0.1) is 12.6 Å². The zero-order valence-corrected chi connectivity index (χ0v) is 18.5. The molecular formula is C21H36FN5O4. The van der Waals surface area contributed by atoms with Crippen LogP contribution in [0.25, 0.3) is 0 Å². The lowest BCUT2D eigenvalue weighted by atomic mass is 10.1. The van der Waals surface area contributed by atoms with Gasteiger partial charge in [-0.15, -0.1) is 5.53 Å². The maximum absolute atomic E-state index is 14.1. The molecule has 1 unspecified atom stereocenters. The SMILES string of the molecule is C=CNNN(CCCC)C(=O)N[C@H](CO)c1cc(F)cc(OCC(O)NCC(C)C)c1. The van der Waals surface area contributed by atoms with Crippen LogP contribution in [0.4, 0.5) is 9.18 Å². The maximum Gasteiger partial charge on any atom is 0.333 e. The van der Waals surface area contributed by atoms with Crippen molar-refractivity contribution >= 4 is 6.03 Å². The third-order valence-corrected chi connectivity index (χ3v) is 4.23. The van der Waals surface area contributed by atoms with Gasteiger partial charge in [-0.05, 0) is 36.6 Å². The first-order valence-electron chi connectivity index (χ1n) is 10.5. The summed E-state index contributed by atoms with van der Waals surface area (Å²) in [7, 11) is 0. The molecule has 0 heterocycles.